The number of rotatable bonds is 59. The molecule has 0 aliphatic carbocycles. The van der Waals surface area contributed by atoms with E-state index in [4.69, 9.17) is 14.2 Å². The molecule has 1 unspecified atom stereocenters. The summed E-state index contributed by atoms with van der Waals surface area (Å²) in [4.78, 5) is 38.4. The van der Waals surface area contributed by atoms with Crippen LogP contribution in [0.15, 0.2) is 122 Å². The van der Waals surface area contributed by atoms with Gasteiger partial charge in [0.15, 0.2) is 6.10 Å². The maximum Gasteiger partial charge on any atom is 0.306 e. The van der Waals surface area contributed by atoms with Gasteiger partial charge in [0.1, 0.15) is 13.2 Å². The third-order valence-corrected chi connectivity index (χ3v) is 13.9. The number of carbonyl (C=O) groups excluding carboxylic acids is 3. The Hall–Kier alpha value is -4.19. The second-order valence-electron chi connectivity index (χ2n) is 21.6. The fourth-order valence-corrected chi connectivity index (χ4v) is 9.04. The summed E-state index contributed by atoms with van der Waals surface area (Å²) in [5.41, 5.74) is 0. The van der Waals surface area contributed by atoms with E-state index < -0.39 is 6.10 Å². The molecule has 0 N–H and O–H groups in total. The van der Waals surface area contributed by atoms with Crippen LogP contribution in [-0.2, 0) is 28.6 Å². The molecule has 0 saturated carbocycles. The quantitative estimate of drug-likeness (QED) is 0.0261. The van der Waals surface area contributed by atoms with Gasteiger partial charge in [-0.25, -0.2) is 0 Å². The van der Waals surface area contributed by atoms with Gasteiger partial charge in [0.05, 0.1) is 0 Å². The predicted octanol–water partition coefficient (Wildman–Crippen LogP) is 22.8. The summed E-state index contributed by atoms with van der Waals surface area (Å²) in [7, 11) is 0. The Morgan fingerprint density at radius 1 is 0.266 bits per heavy atom. The molecule has 0 aliphatic rings. The van der Waals surface area contributed by atoms with Crippen LogP contribution in [-0.4, -0.2) is 37.2 Å². The van der Waals surface area contributed by atoms with Gasteiger partial charge >= 0.3 is 17.9 Å². The van der Waals surface area contributed by atoms with Gasteiger partial charge in [0, 0.05) is 19.3 Å². The Labute approximate surface area is 488 Å². The van der Waals surface area contributed by atoms with Gasteiger partial charge in [-0.1, -0.05) is 277 Å². The van der Waals surface area contributed by atoms with E-state index in [0.29, 0.717) is 19.3 Å². The average Bonchev–Trinajstić information content (AvgIpc) is 3.45. The summed E-state index contributed by atoms with van der Waals surface area (Å²) in [5.74, 6) is -0.903. The van der Waals surface area contributed by atoms with Crippen LogP contribution in [0.25, 0.3) is 0 Å². The van der Waals surface area contributed by atoms with E-state index in [1.165, 1.54) is 135 Å². The minimum absolute atomic E-state index is 0.0881. The number of hydrogen-bond acceptors (Lipinski definition) is 6. The highest BCUT2D eigenvalue weighted by molar-refractivity contribution is 5.71. The van der Waals surface area contributed by atoms with Crippen molar-refractivity contribution in [2.24, 2.45) is 0 Å². The van der Waals surface area contributed by atoms with Gasteiger partial charge in [-0.05, 0) is 128 Å². The maximum absolute atomic E-state index is 12.9. The molecular weight excluding hydrogens is 973 g/mol. The van der Waals surface area contributed by atoms with Crippen LogP contribution in [0.4, 0.5) is 0 Å². The van der Waals surface area contributed by atoms with Crippen LogP contribution < -0.4 is 0 Å². The van der Waals surface area contributed by atoms with Crippen LogP contribution >= 0.6 is 0 Å². The lowest BCUT2D eigenvalue weighted by Crippen LogP contribution is -2.30. The first-order valence-electron chi connectivity index (χ1n) is 33.0. The zero-order valence-electron chi connectivity index (χ0n) is 51.6. The van der Waals surface area contributed by atoms with Crippen LogP contribution in [0, 0.1) is 0 Å². The molecule has 0 heterocycles. The lowest BCUT2D eigenvalue weighted by molar-refractivity contribution is -0.167. The van der Waals surface area contributed by atoms with Crippen LogP contribution in [0.1, 0.15) is 303 Å². The molecular formula is C73H122O6. The zero-order chi connectivity index (χ0) is 57.1. The van der Waals surface area contributed by atoms with Crippen molar-refractivity contribution < 1.29 is 28.6 Å². The van der Waals surface area contributed by atoms with Crippen molar-refractivity contribution in [3.05, 3.63) is 122 Å². The Bertz CT molecular complexity index is 1640. The Balaban J connectivity index is 4.33. The smallest absolute Gasteiger partial charge is 0.306 e. The fraction of sp³-hybridized carbons (Fsp3) is 0.685. The van der Waals surface area contributed by atoms with Crippen molar-refractivity contribution in [1.29, 1.82) is 0 Å². The highest BCUT2D eigenvalue weighted by atomic mass is 16.6. The van der Waals surface area contributed by atoms with Crippen molar-refractivity contribution in [3.63, 3.8) is 0 Å². The Morgan fingerprint density at radius 3 is 0.785 bits per heavy atom. The summed E-state index contributed by atoms with van der Waals surface area (Å²) in [6.07, 6.45) is 92.0. The molecule has 0 bridgehead atoms. The average molecular weight is 1100 g/mol. The predicted molar refractivity (Wildman–Crippen MR) is 343 cm³/mol. The minimum atomic E-state index is -0.792. The normalized spacial score (nSPS) is 12.9. The number of ether oxygens (including phenoxy) is 3. The highest BCUT2D eigenvalue weighted by Crippen LogP contribution is 2.16. The van der Waals surface area contributed by atoms with Crippen molar-refractivity contribution in [3.8, 4) is 0 Å². The first kappa shape index (κ1) is 74.8. The Kier molecular flexibility index (Phi) is 62.8. The van der Waals surface area contributed by atoms with E-state index in [1.807, 2.05) is 0 Å². The third kappa shape index (κ3) is 64.5. The number of esters is 3. The fourth-order valence-electron chi connectivity index (χ4n) is 9.04. The monoisotopic (exact) mass is 1090 g/mol. The summed E-state index contributed by atoms with van der Waals surface area (Å²) in [6, 6.07) is 0. The molecule has 0 aliphatic heterocycles. The first-order valence-corrected chi connectivity index (χ1v) is 33.0. The van der Waals surface area contributed by atoms with Gasteiger partial charge in [0.25, 0.3) is 0 Å². The van der Waals surface area contributed by atoms with E-state index in [1.54, 1.807) is 0 Å². The topological polar surface area (TPSA) is 78.9 Å². The first-order chi connectivity index (χ1) is 39.0. The molecule has 6 nitrogen and oxygen atoms in total. The van der Waals surface area contributed by atoms with E-state index in [2.05, 4.69) is 142 Å². The molecule has 0 fully saturated rings. The van der Waals surface area contributed by atoms with Crippen molar-refractivity contribution in [1.82, 2.24) is 0 Å². The lowest BCUT2D eigenvalue weighted by Gasteiger charge is -2.18. The molecule has 450 valence electrons. The van der Waals surface area contributed by atoms with E-state index in [-0.39, 0.29) is 31.1 Å². The molecule has 0 aromatic carbocycles. The van der Waals surface area contributed by atoms with Gasteiger partial charge in [-0.3, -0.25) is 14.4 Å². The number of carbonyl (C=O) groups is 3. The molecule has 0 radical (unpaired) electrons. The Morgan fingerprint density at radius 2 is 0.494 bits per heavy atom. The molecule has 0 spiro atoms. The summed E-state index contributed by atoms with van der Waals surface area (Å²) in [6.45, 7) is 6.41. The van der Waals surface area contributed by atoms with E-state index in [0.717, 1.165) is 128 Å². The molecule has 1 atom stereocenters. The van der Waals surface area contributed by atoms with Gasteiger partial charge in [-0.15, -0.1) is 0 Å². The second-order valence-corrected chi connectivity index (χ2v) is 21.6. The number of hydrogen-bond donors (Lipinski definition) is 0. The molecule has 6 heteroatoms. The zero-order valence-corrected chi connectivity index (χ0v) is 51.6. The number of unbranched alkanes of at least 4 members (excludes halogenated alkanes) is 28. The minimum Gasteiger partial charge on any atom is -0.462 e. The largest absolute Gasteiger partial charge is 0.462 e. The molecule has 0 aromatic heterocycles. The van der Waals surface area contributed by atoms with Crippen molar-refractivity contribution in [2.75, 3.05) is 13.2 Å². The molecule has 0 aromatic rings. The van der Waals surface area contributed by atoms with Crippen LogP contribution in [0.3, 0.4) is 0 Å². The summed E-state index contributed by atoms with van der Waals surface area (Å²) < 4.78 is 16.9. The molecule has 79 heavy (non-hydrogen) atoms. The molecule has 0 amide bonds. The van der Waals surface area contributed by atoms with Crippen LogP contribution in [0.5, 0.6) is 0 Å². The van der Waals surface area contributed by atoms with Gasteiger partial charge in [-0.2, -0.15) is 0 Å². The summed E-state index contributed by atoms with van der Waals surface area (Å²) >= 11 is 0. The highest BCUT2D eigenvalue weighted by Gasteiger charge is 2.19. The van der Waals surface area contributed by atoms with Crippen LogP contribution in [0.2, 0.25) is 0 Å². The second kappa shape index (κ2) is 66.3. The van der Waals surface area contributed by atoms with E-state index >= 15 is 0 Å². The maximum atomic E-state index is 12.9. The van der Waals surface area contributed by atoms with Gasteiger partial charge in [0.2, 0.25) is 0 Å². The summed E-state index contributed by atoms with van der Waals surface area (Å²) in [5, 5.41) is 0. The molecule has 0 saturated heterocycles. The van der Waals surface area contributed by atoms with Gasteiger partial charge < -0.3 is 14.2 Å². The number of allylic oxidation sites excluding steroid dienone is 20. The van der Waals surface area contributed by atoms with Crippen molar-refractivity contribution >= 4 is 17.9 Å². The molecule has 0 rings (SSSR count). The standard InChI is InChI=1S/C73H122O6/c1-4-7-10-13-16-19-22-25-28-30-31-32-33-34-35-36-37-38-39-40-41-43-45-48-51-54-57-60-63-66-72(75)78-69-70(68-77-71(74)65-62-59-56-53-50-47-44-27-24-21-18-15-12-9-6-3)79-73(76)67-64-61-58-55-52-49-46-42-29-26-23-20-17-14-11-8-5-2/h7-8,10-11,16-17,19-20,25-29,31-32,34-35,37-38,44,70H,4-6,9,12-15,18,21-24,30,33,36,39-43,45-69H2,1-3H3/b10-7-,11-8-,19-16-,20-17-,28-25-,29-26-,32-31-,35-34-,38-37-,44-27-. The third-order valence-electron chi connectivity index (χ3n) is 13.9. The lowest BCUT2D eigenvalue weighted by atomic mass is 10.1. The van der Waals surface area contributed by atoms with E-state index in [9.17, 15) is 14.4 Å². The van der Waals surface area contributed by atoms with Crippen molar-refractivity contribution in [2.45, 2.75) is 309 Å². The SMILES string of the molecule is CC/C=C\C/C=C\C/C=C\C/C=C\C/C=C\C/C=C\CCCCCCCCCCCCC(=O)OCC(COC(=O)CCCCCCC/C=C\CCCCCCCC)OC(=O)CCCCCCCCC/C=C\C/C=C\C/C=C\CC.